The summed E-state index contributed by atoms with van der Waals surface area (Å²) >= 11 is 0. The molecule has 19 heavy (non-hydrogen) atoms. The number of rotatable bonds is 6. The predicted molar refractivity (Wildman–Crippen MR) is 74.5 cm³/mol. The SMILES string of the molecule is CCC(CC)(CO)CNC(=O)C1CCCCS1(=O)=O. The zero-order chi connectivity index (χ0) is 14.5. The van der Waals surface area contributed by atoms with Gasteiger partial charge in [-0.3, -0.25) is 4.79 Å². The van der Waals surface area contributed by atoms with E-state index >= 15 is 0 Å². The Hall–Kier alpha value is -0.620. The number of sulfone groups is 1. The van der Waals surface area contributed by atoms with Crippen LogP contribution in [0.3, 0.4) is 0 Å². The third kappa shape index (κ3) is 3.92. The van der Waals surface area contributed by atoms with E-state index in [0.29, 0.717) is 19.4 Å². The van der Waals surface area contributed by atoms with Crippen LogP contribution in [0.4, 0.5) is 0 Å². The Balaban J connectivity index is 2.64. The second-order valence-corrected chi connectivity index (χ2v) is 7.74. The maximum Gasteiger partial charge on any atom is 0.238 e. The van der Waals surface area contributed by atoms with E-state index in [1.54, 1.807) is 0 Å². The Kier molecular flexibility index (Phi) is 5.80. The van der Waals surface area contributed by atoms with Crippen LogP contribution in [0.1, 0.15) is 46.0 Å². The first kappa shape index (κ1) is 16.4. The summed E-state index contributed by atoms with van der Waals surface area (Å²) in [7, 11) is -3.29. The van der Waals surface area contributed by atoms with Gasteiger partial charge < -0.3 is 10.4 Å². The normalized spacial score (nSPS) is 23.0. The summed E-state index contributed by atoms with van der Waals surface area (Å²) in [6, 6.07) is 0. The molecule has 1 fully saturated rings. The van der Waals surface area contributed by atoms with Crippen molar-refractivity contribution in [2.75, 3.05) is 18.9 Å². The Labute approximate surface area is 115 Å². The summed E-state index contributed by atoms with van der Waals surface area (Å²) in [6.07, 6.45) is 3.34. The van der Waals surface area contributed by atoms with Crippen LogP contribution in [0, 0.1) is 5.41 Å². The molecule has 0 spiro atoms. The number of nitrogens with one attached hydrogen (secondary N) is 1. The highest BCUT2D eigenvalue weighted by molar-refractivity contribution is 7.92. The van der Waals surface area contributed by atoms with Crippen LogP contribution in [0.15, 0.2) is 0 Å². The quantitative estimate of drug-likeness (QED) is 0.760. The molecule has 2 N–H and O–H groups in total. The average molecular weight is 291 g/mol. The highest BCUT2D eigenvalue weighted by Gasteiger charge is 2.36. The molecule has 1 heterocycles. The van der Waals surface area contributed by atoms with E-state index in [4.69, 9.17) is 0 Å². The molecule has 1 atom stereocenters. The Morgan fingerprint density at radius 2 is 1.95 bits per heavy atom. The fourth-order valence-corrected chi connectivity index (χ4v) is 4.24. The highest BCUT2D eigenvalue weighted by atomic mass is 32.2. The van der Waals surface area contributed by atoms with Gasteiger partial charge in [0.15, 0.2) is 9.84 Å². The zero-order valence-corrected chi connectivity index (χ0v) is 12.6. The van der Waals surface area contributed by atoms with Crippen LogP contribution in [0.2, 0.25) is 0 Å². The van der Waals surface area contributed by atoms with Gasteiger partial charge in [0, 0.05) is 12.0 Å². The van der Waals surface area contributed by atoms with Gasteiger partial charge in [-0.25, -0.2) is 8.42 Å². The van der Waals surface area contributed by atoms with Gasteiger partial charge in [0.1, 0.15) is 5.25 Å². The lowest BCUT2D eigenvalue weighted by Crippen LogP contribution is -2.47. The molecule has 5 nitrogen and oxygen atoms in total. The maximum atomic E-state index is 12.0. The maximum absolute atomic E-state index is 12.0. The van der Waals surface area contributed by atoms with E-state index in [1.165, 1.54) is 0 Å². The second kappa shape index (κ2) is 6.70. The molecular weight excluding hydrogens is 266 g/mol. The molecule has 0 radical (unpaired) electrons. The van der Waals surface area contributed by atoms with Crippen molar-refractivity contribution in [2.45, 2.75) is 51.2 Å². The minimum absolute atomic E-state index is 0.00229. The van der Waals surface area contributed by atoms with Crippen molar-refractivity contribution in [3.05, 3.63) is 0 Å². The van der Waals surface area contributed by atoms with Crippen molar-refractivity contribution in [3.63, 3.8) is 0 Å². The van der Waals surface area contributed by atoms with Gasteiger partial charge in [-0.1, -0.05) is 20.3 Å². The van der Waals surface area contributed by atoms with E-state index in [2.05, 4.69) is 5.32 Å². The van der Waals surface area contributed by atoms with Crippen molar-refractivity contribution in [3.8, 4) is 0 Å². The molecule has 112 valence electrons. The first-order valence-electron chi connectivity index (χ1n) is 7.01. The van der Waals surface area contributed by atoms with Gasteiger partial charge in [-0.2, -0.15) is 0 Å². The fraction of sp³-hybridized carbons (Fsp3) is 0.923. The second-order valence-electron chi connectivity index (χ2n) is 5.43. The molecule has 6 heteroatoms. The van der Waals surface area contributed by atoms with Crippen molar-refractivity contribution in [2.24, 2.45) is 5.41 Å². The van der Waals surface area contributed by atoms with Gasteiger partial charge in [0.2, 0.25) is 5.91 Å². The van der Waals surface area contributed by atoms with Crippen LogP contribution < -0.4 is 5.32 Å². The Bertz CT molecular complexity index is 393. The molecule has 1 aliphatic rings. The number of carbonyl (C=O) groups excluding carboxylic acids is 1. The van der Waals surface area contributed by atoms with Crippen LogP contribution >= 0.6 is 0 Å². The number of amides is 1. The van der Waals surface area contributed by atoms with Crippen molar-refractivity contribution in [1.29, 1.82) is 0 Å². The van der Waals surface area contributed by atoms with E-state index < -0.39 is 21.0 Å². The van der Waals surface area contributed by atoms with Crippen LogP contribution in [-0.2, 0) is 14.6 Å². The molecule has 1 amide bonds. The zero-order valence-electron chi connectivity index (χ0n) is 11.8. The number of aliphatic hydroxyl groups is 1. The monoisotopic (exact) mass is 291 g/mol. The summed E-state index contributed by atoms with van der Waals surface area (Å²) in [6.45, 7) is 4.26. The minimum atomic E-state index is -3.29. The summed E-state index contributed by atoms with van der Waals surface area (Å²) in [5.41, 5.74) is -0.339. The topological polar surface area (TPSA) is 83.5 Å². The van der Waals surface area contributed by atoms with E-state index in [9.17, 15) is 18.3 Å². The van der Waals surface area contributed by atoms with E-state index in [1.807, 2.05) is 13.8 Å². The van der Waals surface area contributed by atoms with Crippen LogP contribution in [-0.4, -0.2) is 43.6 Å². The molecule has 1 unspecified atom stereocenters. The summed E-state index contributed by atoms with van der Waals surface area (Å²) in [4.78, 5) is 12.0. The Morgan fingerprint density at radius 1 is 1.32 bits per heavy atom. The molecule has 1 aliphatic heterocycles. The molecular formula is C13H25NO4S. The smallest absolute Gasteiger partial charge is 0.238 e. The third-order valence-electron chi connectivity index (χ3n) is 4.34. The molecule has 0 aromatic heterocycles. The number of hydrogen-bond donors (Lipinski definition) is 2. The number of aliphatic hydroxyl groups excluding tert-OH is 1. The van der Waals surface area contributed by atoms with Crippen LogP contribution in [0.5, 0.6) is 0 Å². The fourth-order valence-electron chi connectivity index (χ4n) is 2.42. The first-order chi connectivity index (χ1) is 8.90. The third-order valence-corrected chi connectivity index (χ3v) is 6.52. The molecule has 1 saturated heterocycles. The van der Waals surface area contributed by atoms with Gasteiger partial charge in [0.05, 0.1) is 12.4 Å². The standard InChI is InChI=1S/C13H25NO4S/c1-3-13(4-2,10-15)9-14-12(16)11-7-5-6-8-19(11,17)18/h11,15H,3-10H2,1-2H3,(H,14,16). The van der Waals surface area contributed by atoms with Gasteiger partial charge in [-0.05, 0) is 25.7 Å². The Morgan fingerprint density at radius 3 is 2.42 bits per heavy atom. The summed E-state index contributed by atoms with van der Waals surface area (Å²) in [5, 5.41) is 11.3. The van der Waals surface area contributed by atoms with E-state index in [-0.39, 0.29) is 17.8 Å². The van der Waals surface area contributed by atoms with Gasteiger partial charge in [-0.15, -0.1) is 0 Å². The van der Waals surface area contributed by atoms with Crippen molar-refractivity contribution < 1.29 is 18.3 Å². The lowest BCUT2D eigenvalue weighted by Gasteiger charge is -2.30. The summed E-state index contributed by atoms with van der Waals surface area (Å²) in [5.74, 6) is -0.294. The van der Waals surface area contributed by atoms with Gasteiger partial charge >= 0.3 is 0 Å². The predicted octanol–water partition coefficient (Wildman–Crippen LogP) is 0.869. The molecule has 0 bridgehead atoms. The molecule has 1 rings (SSSR count). The van der Waals surface area contributed by atoms with E-state index in [0.717, 1.165) is 19.3 Å². The lowest BCUT2D eigenvalue weighted by molar-refractivity contribution is -0.121. The number of hydrogen-bond acceptors (Lipinski definition) is 4. The molecule has 0 aromatic carbocycles. The van der Waals surface area contributed by atoms with Crippen molar-refractivity contribution >= 4 is 15.7 Å². The molecule has 0 aromatic rings. The minimum Gasteiger partial charge on any atom is -0.396 e. The van der Waals surface area contributed by atoms with Crippen LogP contribution in [0.25, 0.3) is 0 Å². The largest absolute Gasteiger partial charge is 0.396 e. The lowest BCUT2D eigenvalue weighted by atomic mass is 9.83. The highest BCUT2D eigenvalue weighted by Crippen LogP contribution is 2.25. The molecule has 0 saturated carbocycles. The summed E-state index contributed by atoms with van der Waals surface area (Å²) < 4.78 is 23.7. The number of carbonyl (C=O) groups is 1. The molecule has 0 aliphatic carbocycles. The van der Waals surface area contributed by atoms with Crippen molar-refractivity contribution in [1.82, 2.24) is 5.32 Å². The first-order valence-corrected chi connectivity index (χ1v) is 8.72. The average Bonchev–Trinajstić information content (AvgIpc) is 2.40. The van der Waals surface area contributed by atoms with Gasteiger partial charge in [0.25, 0.3) is 0 Å².